The van der Waals surface area contributed by atoms with Crippen LogP contribution in [0.1, 0.15) is 12.6 Å². The molecule has 3 nitrogen and oxygen atoms in total. The second-order valence-corrected chi connectivity index (χ2v) is 3.30. The van der Waals surface area contributed by atoms with Crippen molar-refractivity contribution in [3.63, 3.8) is 0 Å². The van der Waals surface area contributed by atoms with Gasteiger partial charge in [0.2, 0.25) is 0 Å². The van der Waals surface area contributed by atoms with Crippen LogP contribution in [0.15, 0.2) is 36.5 Å². The van der Waals surface area contributed by atoms with Gasteiger partial charge in [-0.05, 0) is 36.8 Å². The lowest BCUT2D eigenvalue weighted by Crippen LogP contribution is -1.95. The molecule has 1 aromatic heterocycles. The van der Waals surface area contributed by atoms with Crippen molar-refractivity contribution in [1.82, 2.24) is 9.78 Å². The fourth-order valence-electron chi connectivity index (χ4n) is 1.43. The van der Waals surface area contributed by atoms with Gasteiger partial charge in [-0.25, -0.2) is 4.68 Å². The van der Waals surface area contributed by atoms with E-state index in [0.29, 0.717) is 0 Å². The maximum Gasteiger partial charge on any atom is 0.119 e. The molecule has 2 rings (SSSR count). The van der Waals surface area contributed by atoms with E-state index in [1.165, 1.54) is 0 Å². The lowest BCUT2D eigenvalue weighted by Gasteiger charge is -2.03. The summed E-state index contributed by atoms with van der Waals surface area (Å²) in [5, 5.41) is 4.43. The van der Waals surface area contributed by atoms with E-state index in [1.54, 1.807) is 7.11 Å². The van der Waals surface area contributed by atoms with E-state index < -0.39 is 0 Å². The minimum Gasteiger partial charge on any atom is -0.497 e. The van der Waals surface area contributed by atoms with Crippen molar-refractivity contribution < 1.29 is 4.74 Å². The van der Waals surface area contributed by atoms with Crippen molar-refractivity contribution in [3.8, 4) is 11.4 Å². The van der Waals surface area contributed by atoms with Crippen LogP contribution in [0.25, 0.3) is 5.69 Å². The van der Waals surface area contributed by atoms with Gasteiger partial charge in [0.05, 0.1) is 18.5 Å². The van der Waals surface area contributed by atoms with Crippen molar-refractivity contribution in [2.45, 2.75) is 13.3 Å². The molecule has 0 aliphatic rings. The smallest absolute Gasteiger partial charge is 0.119 e. The highest BCUT2D eigenvalue weighted by Gasteiger charge is 1.99. The maximum absolute atomic E-state index is 5.10. The second kappa shape index (κ2) is 4.17. The number of ether oxygens (including phenoxy) is 1. The molecule has 1 aromatic carbocycles. The Labute approximate surface area is 89.3 Å². The molecule has 78 valence electrons. The van der Waals surface area contributed by atoms with Crippen LogP contribution in [0.5, 0.6) is 5.75 Å². The Morgan fingerprint density at radius 1 is 1.20 bits per heavy atom. The van der Waals surface area contributed by atoms with Crippen molar-refractivity contribution in [2.24, 2.45) is 0 Å². The van der Waals surface area contributed by atoms with Crippen molar-refractivity contribution in [3.05, 3.63) is 42.2 Å². The predicted octanol–water partition coefficient (Wildman–Crippen LogP) is 2.44. The van der Waals surface area contributed by atoms with Crippen LogP contribution in [-0.2, 0) is 6.42 Å². The van der Waals surface area contributed by atoms with Crippen LogP contribution in [0.4, 0.5) is 0 Å². The molecule has 0 saturated heterocycles. The van der Waals surface area contributed by atoms with Crippen molar-refractivity contribution in [1.29, 1.82) is 0 Å². The molecule has 3 heteroatoms. The van der Waals surface area contributed by atoms with E-state index in [1.807, 2.05) is 41.2 Å². The van der Waals surface area contributed by atoms with E-state index in [-0.39, 0.29) is 0 Å². The number of methoxy groups -OCH3 is 1. The Morgan fingerprint density at radius 2 is 1.93 bits per heavy atom. The summed E-state index contributed by atoms with van der Waals surface area (Å²) in [6.45, 7) is 2.10. The minimum absolute atomic E-state index is 0.863. The molecule has 0 radical (unpaired) electrons. The van der Waals surface area contributed by atoms with Gasteiger partial charge >= 0.3 is 0 Å². The average Bonchev–Trinajstić information content (AvgIpc) is 2.78. The monoisotopic (exact) mass is 202 g/mol. The summed E-state index contributed by atoms with van der Waals surface area (Å²) in [6.07, 6.45) is 2.93. The van der Waals surface area contributed by atoms with Gasteiger partial charge in [-0.3, -0.25) is 0 Å². The predicted molar refractivity (Wildman–Crippen MR) is 59.5 cm³/mol. The number of aromatic nitrogens is 2. The maximum atomic E-state index is 5.10. The Balaban J connectivity index is 2.28. The number of hydrogen-bond acceptors (Lipinski definition) is 2. The third-order valence-electron chi connectivity index (χ3n) is 2.34. The normalized spacial score (nSPS) is 10.3. The van der Waals surface area contributed by atoms with Crippen LogP contribution in [-0.4, -0.2) is 16.9 Å². The minimum atomic E-state index is 0.863. The average molecular weight is 202 g/mol. The molecule has 0 atom stereocenters. The fourth-order valence-corrected chi connectivity index (χ4v) is 1.43. The third-order valence-corrected chi connectivity index (χ3v) is 2.34. The van der Waals surface area contributed by atoms with Crippen LogP contribution in [0.2, 0.25) is 0 Å². The van der Waals surface area contributed by atoms with Gasteiger partial charge in [-0.2, -0.15) is 5.10 Å². The van der Waals surface area contributed by atoms with Crippen LogP contribution >= 0.6 is 0 Å². The number of rotatable bonds is 3. The second-order valence-electron chi connectivity index (χ2n) is 3.30. The topological polar surface area (TPSA) is 27.1 Å². The van der Waals surface area contributed by atoms with E-state index in [9.17, 15) is 0 Å². The molecule has 0 bridgehead atoms. The summed E-state index contributed by atoms with van der Waals surface area (Å²) in [4.78, 5) is 0. The Kier molecular flexibility index (Phi) is 2.72. The SMILES string of the molecule is CCc1ccn(-c2ccc(OC)cc2)n1. The van der Waals surface area contributed by atoms with Gasteiger partial charge in [-0.1, -0.05) is 6.92 Å². The highest BCUT2D eigenvalue weighted by molar-refractivity contribution is 5.36. The number of benzene rings is 1. The van der Waals surface area contributed by atoms with Gasteiger partial charge in [0.15, 0.2) is 0 Å². The van der Waals surface area contributed by atoms with Crippen LogP contribution in [0, 0.1) is 0 Å². The molecular weight excluding hydrogens is 188 g/mol. The zero-order chi connectivity index (χ0) is 10.7. The van der Waals surface area contributed by atoms with Gasteiger partial charge in [0, 0.05) is 6.20 Å². The van der Waals surface area contributed by atoms with Gasteiger partial charge in [0.25, 0.3) is 0 Å². The van der Waals surface area contributed by atoms with Gasteiger partial charge in [0.1, 0.15) is 5.75 Å². The molecular formula is C12H14N2O. The summed E-state index contributed by atoms with van der Waals surface area (Å²) < 4.78 is 6.98. The van der Waals surface area contributed by atoms with E-state index in [4.69, 9.17) is 4.74 Å². The lowest BCUT2D eigenvalue weighted by atomic mass is 10.3. The molecule has 0 aliphatic carbocycles. The largest absolute Gasteiger partial charge is 0.497 e. The molecule has 0 saturated carbocycles. The number of aryl methyl sites for hydroxylation is 1. The summed E-state index contributed by atoms with van der Waals surface area (Å²) in [5.74, 6) is 0.863. The highest BCUT2D eigenvalue weighted by Crippen LogP contribution is 2.14. The lowest BCUT2D eigenvalue weighted by molar-refractivity contribution is 0.414. The van der Waals surface area contributed by atoms with Crippen molar-refractivity contribution in [2.75, 3.05) is 7.11 Å². The Bertz CT molecular complexity index is 431. The molecule has 0 aliphatic heterocycles. The number of nitrogens with zero attached hydrogens (tertiary/aromatic N) is 2. The molecule has 0 N–H and O–H groups in total. The zero-order valence-corrected chi connectivity index (χ0v) is 8.97. The molecule has 1 heterocycles. The zero-order valence-electron chi connectivity index (χ0n) is 8.97. The van der Waals surface area contributed by atoms with Crippen LogP contribution in [0.3, 0.4) is 0 Å². The summed E-state index contributed by atoms with van der Waals surface area (Å²) in [7, 11) is 1.66. The molecule has 0 fully saturated rings. The first-order valence-electron chi connectivity index (χ1n) is 5.02. The molecule has 0 unspecified atom stereocenters. The molecule has 0 spiro atoms. The summed E-state index contributed by atoms with van der Waals surface area (Å²) >= 11 is 0. The van der Waals surface area contributed by atoms with E-state index in [0.717, 1.165) is 23.6 Å². The Morgan fingerprint density at radius 3 is 2.47 bits per heavy atom. The van der Waals surface area contributed by atoms with Crippen molar-refractivity contribution >= 4 is 0 Å². The van der Waals surface area contributed by atoms with E-state index in [2.05, 4.69) is 12.0 Å². The number of hydrogen-bond donors (Lipinski definition) is 0. The third kappa shape index (κ3) is 2.01. The Hall–Kier alpha value is -1.77. The first-order chi connectivity index (χ1) is 7.33. The fraction of sp³-hybridized carbons (Fsp3) is 0.250. The summed E-state index contributed by atoms with van der Waals surface area (Å²) in [5.41, 5.74) is 2.15. The van der Waals surface area contributed by atoms with E-state index >= 15 is 0 Å². The first kappa shape index (κ1) is 9.77. The molecule has 2 aromatic rings. The van der Waals surface area contributed by atoms with Gasteiger partial charge < -0.3 is 4.74 Å². The highest BCUT2D eigenvalue weighted by atomic mass is 16.5. The molecule has 0 amide bonds. The standard InChI is InChI=1S/C12H14N2O/c1-3-10-8-9-14(13-10)11-4-6-12(15-2)7-5-11/h4-9H,3H2,1-2H3. The van der Waals surface area contributed by atoms with Gasteiger partial charge in [-0.15, -0.1) is 0 Å². The molecule has 15 heavy (non-hydrogen) atoms. The van der Waals surface area contributed by atoms with Crippen LogP contribution < -0.4 is 4.74 Å². The first-order valence-corrected chi connectivity index (χ1v) is 5.02. The quantitative estimate of drug-likeness (QED) is 0.764. The summed E-state index contributed by atoms with van der Waals surface area (Å²) in [6, 6.07) is 9.88.